The fourth-order valence-electron chi connectivity index (χ4n) is 2.27. The normalized spacial score (nSPS) is 18.4. The van der Waals surface area contributed by atoms with Crippen LogP contribution in [0.25, 0.3) is 0 Å². The van der Waals surface area contributed by atoms with Crippen LogP contribution in [0.1, 0.15) is 25.6 Å². The lowest BCUT2D eigenvalue weighted by atomic mass is 10.0. The lowest BCUT2D eigenvalue weighted by Gasteiger charge is -2.28. The van der Waals surface area contributed by atoms with Crippen molar-refractivity contribution in [2.75, 3.05) is 19.6 Å². The van der Waals surface area contributed by atoms with Crippen molar-refractivity contribution in [3.05, 3.63) is 18.2 Å². The van der Waals surface area contributed by atoms with Crippen LogP contribution < -0.4 is 5.73 Å². The van der Waals surface area contributed by atoms with Crippen LogP contribution in [0.15, 0.2) is 12.4 Å². The second kappa shape index (κ2) is 5.46. The van der Waals surface area contributed by atoms with Crippen molar-refractivity contribution >= 4 is 0 Å². The highest BCUT2D eigenvalue weighted by Gasteiger charge is 2.16. The maximum Gasteiger partial charge on any atom is 0.122 e. The zero-order chi connectivity index (χ0) is 11.4. The molecule has 2 N–H and O–H groups in total. The summed E-state index contributed by atoms with van der Waals surface area (Å²) >= 11 is 0. The lowest BCUT2D eigenvalue weighted by Crippen LogP contribution is -2.35. The van der Waals surface area contributed by atoms with E-state index in [0.29, 0.717) is 5.92 Å². The van der Waals surface area contributed by atoms with Crippen molar-refractivity contribution in [1.29, 1.82) is 0 Å². The smallest absolute Gasteiger partial charge is 0.122 e. The second-order valence-corrected chi connectivity index (χ2v) is 4.61. The van der Waals surface area contributed by atoms with Crippen molar-refractivity contribution in [1.82, 2.24) is 14.5 Å². The summed E-state index contributed by atoms with van der Waals surface area (Å²) in [6.45, 7) is 7.41. The third-order valence-electron chi connectivity index (χ3n) is 3.59. The Labute approximate surface area is 97.4 Å². The summed E-state index contributed by atoms with van der Waals surface area (Å²) in [4.78, 5) is 6.86. The SMILES string of the molecule is CCC(CN)CCN1CCn2ccnc2C1. The Kier molecular flexibility index (Phi) is 3.96. The minimum Gasteiger partial charge on any atom is -0.333 e. The summed E-state index contributed by atoms with van der Waals surface area (Å²) in [6.07, 6.45) is 6.38. The van der Waals surface area contributed by atoms with E-state index in [1.807, 2.05) is 6.20 Å². The predicted octanol–water partition coefficient (Wildman–Crippen LogP) is 1.07. The molecule has 0 bridgehead atoms. The molecule has 4 nitrogen and oxygen atoms in total. The van der Waals surface area contributed by atoms with Crippen LogP contribution in [0.5, 0.6) is 0 Å². The summed E-state index contributed by atoms with van der Waals surface area (Å²) in [7, 11) is 0. The van der Waals surface area contributed by atoms with E-state index in [4.69, 9.17) is 5.73 Å². The van der Waals surface area contributed by atoms with E-state index in [2.05, 4.69) is 27.6 Å². The molecule has 4 heteroatoms. The molecule has 1 aliphatic heterocycles. The van der Waals surface area contributed by atoms with E-state index < -0.39 is 0 Å². The third-order valence-corrected chi connectivity index (χ3v) is 3.59. The first-order valence-corrected chi connectivity index (χ1v) is 6.26. The van der Waals surface area contributed by atoms with Crippen LogP contribution in [0.2, 0.25) is 0 Å². The number of fused-ring (bicyclic) bond motifs is 1. The average molecular weight is 222 g/mol. The van der Waals surface area contributed by atoms with Gasteiger partial charge in [0, 0.05) is 25.5 Å². The third kappa shape index (κ3) is 2.62. The first kappa shape index (κ1) is 11.6. The predicted molar refractivity (Wildman–Crippen MR) is 65.0 cm³/mol. The molecule has 0 spiro atoms. The van der Waals surface area contributed by atoms with Crippen molar-refractivity contribution in [2.24, 2.45) is 11.7 Å². The van der Waals surface area contributed by atoms with Gasteiger partial charge in [-0.25, -0.2) is 4.98 Å². The molecule has 0 saturated heterocycles. The molecular formula is C12H22N4. The van der Waals surface area contributed by atoms with Gasteiger partial charge in [-0.1, -0.05) is 13.3 Å². The topological polar surface area (TPSA) is 47.1 Å². The van der Waals surface area contributed by atoms with Gasteiger partial charge in [0.1, 0.15) is 5.82 Å². The molecule has 1 aromatic rings. The highest BCUT2D eigenvalue weighted by atomic mass is 15.2. The van der Waals surface area contributed by atoms with Gasteiger partial charge in [-0.15, -0.1) is 0 Å². The molecule has 2 heterocycles. The van der Waals surface area contributed by atoms with Crippen LogP contribution >= 0.6 is 0 Å². The maximum absolute atomic E-state index is 5.72. The quantitative estimate of drug-likeness (QED) is 0.811. The highest BCUT2D eigenvalue weighted by molar-refractivity contribution is 4.95. The number of aromatic nitrogens is 2. The van der Waals surface area contributed by atoms with E-state index in [9.17, 15) is 0 Å². The Bertz CT molecular complexity index is 317. The summed E-state index contributed by atoms with van der Waals surface area (Å²) in [5.41, 5.74) is 5.72. The molecule has 1 atom stereocenters. The largest absolute Gasteiger partial charge is 0.333 e. The molecule has 0 aliphatic carbocycles. The van der Waals surface area contributed by atoms with Crippen LogP contribution in [-0.2, 0) is 13.1 Å². The van der Waals surface area contributed by atoms with E-state index in [1.165, 1.54) is 18.7 Å². The monoisotopic (exact) mass is 222 g/mol. The van der Waals surface area contributed by atoms with E-state index in [-0.39, 0.29) is 0 Å². The summed E-state index contributed by atoms with van der Waals surface area (Å²) in [5.74, 6) is 1.88. The molecule has 1 aromatic heterocycles. The molecule has 0 fully saturated rings. The van der Waals surface area contributed by atoms with Gasteiger partial charge in [-0.2, -0.15) is 0 Å². The lowest BCUT2D eigenvalue weighted by molar-refractivity contribution is 0.201. The molecule has 0 amide bonds. The molecule has 2 rings (SSSR count). The van der Waals surface area contributed by atoms with Gasteiger partial charge in [0.05, 0.1) is 6.54 Å². The minimum absolute atomic E-state index is 0.682. The van der Waals surface area contributed by atoms with Crippen molar-refractivity contribution < 1.29 is 0 Å². The number of imidazole rings is 1. The fourth-order valence-corrected chi connectivity index (χ4v) is 2.27. The van der Waals surface area contributed by atoms with Crippen molar-refractivity contribution in [3.63, 3.8) is 0 Å². The number of hydrogen-bond acceptors (Lipinski definition) is 3. The summed E-state index contributed by atoms with van der Waals surface area (Å²) in [5, 5.41) is 0. The Morgan fingerprint density at radius 3 is 3.12 bits per heavy atom. The van der Waals surface area contributed by atoms with Gasteiger partial charge >= 0.3 is 0 Å². The molecule has 1 aliphatic rings. The van der Waals surface area contributed by atoms with Crippen LogP contribution in [0.3, 0.4) is 0 Å². The van der Waals surface area contributed by atoms with E-state index in [1.54, 1.807) is 0 Å². The maximum atomic E-state index is 5.72. The fraction of sp³-hybridized carbons (Fsp3) is 0.750. The van der Waals surface area contributed by atoms with Gasteiger partial charge in [0.15, 0.2) is 0 Å². The average Bonchev–Trinajstić information content (AvgIpc) is 2.77. The van der Waals surface area contributed by atoms with Gasteiger partial charge < -0.3 is 10.3 Å². The molecule has 16 heavy (non-hydrogen) atoms. The first-order chi connectivity index (χ1) is 7.83. The molecular weight excluding hydrogens is 200 g/mol. The Balaban J connectivity index is 1.81. The number of nitrogens with zero attached hydrogens (tertiary/aromatic N) is 3. The number of nitrogens with two attached hydrogens (primary N) is 1. The summed E-state index contributed by atoms with van der Waals surface area (Å²) in [6, 6.07) is 0. The van der Waals surface area contributed by atoms with E-state index >= 15 is 0 Å². The van der Waals surface area contributed by atoms with Crippen molar-refractivity contribution in [3.8, 4) is 0 Å². The molecule has 0 saturated carbocycles. The zero-order valence-electron chi connectivity index (χ0n) is 10.1. The first-order valence-electron chi connectivity index (χ1n) is 6.26. The number of hydrogen-bond donors (Lipinski definition) is 1. The molecule has 90 valence electrons. The van der Waals surface area contributed by atoms with Crippen molar-refractivity contribution in [2.45, 2.75) is 32.9 Å². The molecule has 0 radical (unpaired) electrons. The van der Waals surface area contributed by atoms with Crippen LogP contribution in [0, 0.1) is 5.92 Å². The van der Waals surface area contributed by atoms with Crippen LogP contribution in [0.4, 0.5) is 0 Å². The Hall–Kier alpha value is -0.870. The zero-order valence-corrected chi connectivity index (χ0v) is 10.1. The minimum atomic E-state index is 0.682. The van der Waals surface area contributed by atoms with Crippen LogP contribution in [-0.4, -0.2) is 34.1 Å². The van der Waals surface area contributed by atoms with E-state index in [0.717, 1.165) is 32.7 Å². The highest BCUT2D eigenvalue weighted by Crippen LogP contribution is 2.13. The Morgan fingerprint density at radius 1 is 1.50 bits per heavy atom. The van der Waals surface area contributed by atoms with Gasteiger partial charge in [0.25, 0.3) is 0 Å². The molecule has 1 unspecified atom stereocenters. The molecule has 0 aromatic carbocycles. The number of rotatable bonds is 5. The second-order valence-electron chi connectivity index (χ2n) is 4.61. The van der Waals surface area contributed by atoms with Gasteiger partial charge in [-0.3, -0.25) is 4.90 Å². The standard InChI is InChI=1S/C12H22N4/c1-2-11(9-13)3-5-15-7-8-16-6-4-14-12(16)10-15/h4,6,11H,2-3,5,7-10,13H2,1H3. The van der Waals surface area contributed by atoms with Gasteiger partial charge in [0.2, 0.25) is 0 Å². The Morgan fingerprint density at radius 2 is 2.38 bits per heavy atom. The van der Waals surface area contributed by atoms with Gasteiger partial charge in [-0.05, 0) is 25.4 Å². The summed E-state index contributed by atoms with van der Waals surface area (Å²) < 4.78 is 2.25.